The summed E-state index contributed by atoms with van der Waals surface area (Å²) in [7, 11) is 1.65. The van der Waals surface area contributed by atoms with Crippen LogP contribution in [0.4, 0.5) is 0 Å². The Bertz CT molecular complexity index is 853. The molecular formula is C19H18N4OS. The van der Waals surface area contributed by atoms with Gasteiger partial charge in [0.1, 0.15) is 5.75 Å². The monoisotopic (exact) mass is 350 g/mol. The van der Waals surface area contributed by atoms with Crippen molar-refractivity contribution in [2.24, 2.45) is 0 Å². The minimum atomic E-state index is 0.551. The van der Waals surface area contributed by atoms with Crippen molar-refractivity contribution in [3.05, 3.63) is 54.6 Å². The number of nitrogens with zero attached hydrogens (tertiary/aromatic N) is 4. The number of hydrogen-bond acceptors (Lipinski definition) is 5. The Morgan fingerprint density at radius 1 is 1.08 bits per heavy atom. The Labute approximate surface area is 151 Å². The van der Waals surface area contributed by atoms with Gasteiger partial charge < -0.3 is 4.74 Å². The van der Waals surface area contributed by atoms with Gasteiger partial charge in [0.05, 0.1) is 13.2 Å². The SMILES string of the molecule is COc1ccc(-n2c(SCCCC#N)nnc2-c2ccccc2)cc1. The number of unbranched alkanes of at least 4 members (excludes halogenated alkanes) is 1. The van der Waals surface area contributed by atoms with Gasteiger partial charge in [0.15, 0.2) is 11.0 Å². The first-order valence-electron chi connectivity index (χ1n) is 7.98. The molecule has 1 heterocycles. The third kappa shape index (κ3) is 4.01. The second-order valence-corrected chi connectivity index (χ2v) is 6.38. The molecule has 0 unspecified atom stereocenters. The number of aromatic nitrogens is 3. The van der Waals surface area contributed by atoms with E-state index in [1.807, 2.05) is 59.2 Å². The third-order valence-corrected chi connectivity index (χ3v) is 4.68. The first-order valence-corrected chi connectivity index (χ1v) is 8.97. The average Bonchev–Trinajstić information content (AvgIpc) is 3.10. The molecule has 0 atom stereocenters. The summed E-state index contributed by atoms with van der Waals surface area (Å²) in [5.74, 6) is 2.44. The first kappa shape index (κ1) is 17.1. The van der Waals surface area contributed by atoms with Gasteiger partial charge in [-0.25, -0.2) is 0 Å². The van der Waals surface area contributed by atoms with Gasteiger partial charge in [0, 0.05) is 23.4 Å². The lowest BCUT2D eigenvalue weighted by atomic mass is 10.2. The van der Waals surface area contributed by atoms with Gasteiger partial charge in [-0.3, -0.25) is 4.57 Å². The number of ether oxygens (including phenoxy) is 1. The summed E-state index contributed by atoms with van der Waals surface area (Å²) in [5, 5.41) is 18.3. The summed E-state index contributed by atoms with van der Waals surface area (Å²) in [6, 6.07) is 20.0. The molecule has 3 rings (SSSR count). The van der Waals surface area contributed by atoms with E-state index in [1.54, 1.807) is 18.9 Å². The van der Waals surface area contributed by atoms with Crippen LogP contribution in [0.15, 0.2) is 59.8 Å². The summed E-state index contributed by atoms with van der Waals surface area (Å²) in [4.78, 5) is 0. The summed E-state index contributed by atoms with van der Waals surface area (Å²) in [6.45, 7) is 0. The van der Waals surface area contributed by atoms with E-state index < -0.39 is 0 Å². The van der Waals surface area contributed by atoms with E-state index >= 15 is 0 Å². The standard InChI is InChI=1S/C19H18N4OS/c1-24-17-11-9-16(10-12-17)23-18(15-7-3-2-4-8-15)21-22-19(23)25-14-6-5-13-20/h2-4,7-12H,5-6,14H2,1H3. The van der Waals surface area contributed by atoms with E-state index in [4.69, 9.17) is 10.00 Å². The van der Waals surface area contributed by atoms with Crippen LogP contribution >= 0.6 is 11.8 Å². The van der Waals surface area contributed by atoms with Gasteiger partial charge in [-0.1, -0.05) is 42.1 Å². The molecule has 0 bridgehead atoms. The molecule has 0 saturated heterocycles. The highest BCUT2D eigenvalue weighted by Crippen LogP contribution is 2.29. The van der Waals surface area contributed by atoms with Crippen molar-refractivity contribution in [1.29, 1.82) is 5.26 Å². The summed E-state index contributed by atoms with van der Waals surface area (Å²) in [6.07, 6.45) is 1.38. The molecule has 0 radical (unpaired) electrons. The molecule has 0 aliphatic heterocycles. The van der Waals surface area contributed by atoms with E-state index in [0.717, 1.165) is 40.2 Å². The number of nitriles is 1. The van der Waals surface area contributed by atoms with Crippen molar-refractivity contribution < 1.29 is 4.74 Å². The smallest absolute Gasteiger partial charge is 0.196 e. The third-order valence-electron chi connectivity index (χ3n) is 3.66. The largest absolute Gasteiger partial charge is 0.497 e. The fourth-order valence-electron chi connectivity index (χ4n) is 2.42. The zero-order chi connectivity index (χ0) is 17.5. The van der Waals surface area contributed by atoms with Gasteiger partial charge in [0.25, 0.3) is 0 Å². The molecule has 0 N–H and O–H groups in total. The minimum absolute atomic E-state index is 0.551. The van der Waals surface area contributed by atoms with Crippen LogP contribution in [0.25, 0.3) is 17.1 Å². The van der Waals surface area contributed by atoms with Gasteiger partial charge in [-0.15, -0.1) is 10.2 Å². The van der Waals surface area contributed by atoms with E-state index in [1.165, 1.54) is 0 Å². The maximum absolute atomic E-state index is 8.69. The lowest BCUT2D eigenvalue weighted by Gasteiger charge is -2.11. The maximum Gasteiger partial charge on any atom is 0.196 e. The summed E-state index contributed by atoms with van der Waals surface area (Å²) >= 11 is 1.61. The molecule has 1 aromatic heterocycles. The normalized spacial score (nSPS) is 10.4. The zero-order valence-electron chi connectivity index (χ0n) is 13.9. The quantitative estimate of drug-likeness (QED) is 0.468. The molecule has 5 nitrogen and oxygen atoms in total. The van der Waals surface area contributed by atoms with Crippen LogP contribution in [-0.2, 0) is 0 Å². The van der Waals surface area contributed by atoms with Crippen molar-refractivity contribution >= 4 is 11.8 Å². The highest BCUT2D eigenvalue weighted by molar-refractivity contribution is 7.99. The van der Waals surface area contributed by atoms with Gasteiger partial charge in [-0.2, -0.15) is 5.26 Å². The predicted octanol–water partition coefficient (Wildman–Crippen LogP) is 4.34. The Morgan fingerprint density at radius 3 is 2.52 bits per heavy atom. The first-order chi connectivity index (χ1) is 12.3. The maximum atomic E-state index is 8.69. The van der Waals surface area contributed by atoms with Crippen LogP contribution < -0.4 is 4.74 Å². The summed E-state index contributed by atoms with van der Waals surface area (Å²) < 4.78 is 7.29. The second-order valence-electron chi connectivity index (χ2n) is 5.32. The Kier molecular flexibility index (Phi) is 5.70. The highest BCUT2D eigenvalue weighted by atomic mass is 32.2. The molecular weight excluding hydrogens is 332 g/mol. The molecule has 0 aliphatic carbocycles. The molecule has 2 aromatic carbocycles. The van der Waals surface area contributed by atoms with E-state index in [0.29, 0.717) is 6.42 Å². The van der Waals surface area contributed by atoms with Crippen LogP contribution in [0, 0.1) is 11.3 Å². The molecule has 126 valence electrons. The topological polar surface area (TPSA) is 63.7 Å². The van der Waals surface area contributed by atoms with E-state index in [9.17, 15) is 0 Å². The fourth-order valence-corrected chi connectivity index (χ4v) is 3.31. The summed E-state index contributed by atoms with van der Waals surface area (Å²) in [5.41, 5.74) is 1.99. The molecule has 6 heteroatoms. The second kappa shape index (κ2) is 8.36. The zero-order valence-corrected chi connectivity index (χ0v) is 14.7. The molecule has 0 aliphatic rings. The van der Waals surface area contributed by atoms with Crippen molar-refractivity contribution in [1.82, 2.24) is 14.8 Å². The van der Waals surface area contributed by atoms with Crippen molar-refractivity contribution in [2.75, 3.05) is 12.9 Å². The molecule has 0 amide bonds. The Morgan fingerprint density at radius 2 is 1.84 bits per heavy atom. The van der Waals surface area contributed by atoms with Crippen molar-refractivity contribution in [3.63, 3.8) is 0 Å². The molecule has 0 spiro atoms. The van der Waals surface area contributed by atoms with Crippen molar-refractivity contribution in [2.45, 2.75) is 18.0 Å². The van der Waals surface area contributed by atoms with Crippen LogP contribution in [0.1, 0.15) is 12.8 Å². The van der Waals surface area contributed by atoms with Gasteiger partial charge in [0.2, 0.25) is 0 Å². The van der Waals surface area contributed by atoms with Crippen molar-refractivity contribution in [3.8, 4) is 28.9 Å². The van der Waals surface area contributed by atoms with Crippen LogP contribution in [0.5, 0.6) is 5.75 Å². The van der Waals surface area contributed by atoms with Crippen LogP contribution in [0.3, 0.4) is 0 Å². The average molecular weight is 350 g/mol. The Balaban J connectivity index is 1.98. The minimum Gasteiger partial charge on any atom is -0.497 e. The van der Waals surface area contributed by atoms with Gasteiger partial charge in [-0.05, 0) is 30.7 Å². The lowest BCUT2D eigenvalue weighted by molar-refractivity contribution is 0.414. The van der Waals surface area contributed by atoms with Gasteiger partial charge >= 0.3 is 0 Å². The van der Waals surface area contributed by atoms with E-state index in [-0.39, 0.29) is 0 Å². The molecule has 3 aromatic rings. The number of rotatable bonds is 7. The Hall–Kier alpha value is -2.78. The molecule has 0 fully saturated rings. The fraction of sp³-hybridized carbons (Fsp3) is 0.211. The number of hydrogen-bond donors (Lipinski definition) is 0. The van der Waals surface area contributed by atoms with Crippen LogP contribution in [0.2, 0.25) is 0 Å². The molecule has 25 heavy (non-hydrogen) atoms. The highest BCUT2D eigenvalue weighted by Gasteiger charge is 2.16. The predicted molar refractivity (Wildman–Crippen MR) is 98.9 cm³/mol. The number of benzene rings is 2. The van der Waals surface area contributed by atoms with Crippen LogP contribution in [-0.4, -0.2) is 27.6 Å². The molecule has 0 saturated carbocycles. The van der Waals surface area contributed by atoms with E-state index in [2.05, 4.69) is 16.3 Å². The lowest BCUT2D eigenvalue weighted by Crippen LogP contribution is -2.00. The number of thioether (sulfide) groups is 1. The number of methoxy groups -OCH3 is 1.